The standard InChI is InChI=1S/C20H27N3O5/c1-12(22-19(26)28-20(2,3)4)17(24)23-16(18(25)27-5)10-13-11-21-15-9-7-6-8-14(13)15/h6-9,11-12,16,21H,10H2,1-5H3,(H,22,26)(H,23,24)/t12-,16-/m0/s1. The molecule has 1 aromatic carbocycles. The topological polar surface area (TPSA) is 110 Å². The van der Waals surface area contributed by atoms with E-state index in [1.807, 2.05) is 24.3 Å². The number of aromatic amines is 1. The van der Waals surface area contributed by atoms with Crippen LogP contribution in [-0.2, 0) is 25.5 Å². The van der Waals surface area contributed by atoms with Crippen LogP contribution in [0.4, 0.5) is 4.79 Å². The highest BCUT2D eigenvalue weighted by atomic mass is 16.6. The first kappa shape index (κ1) is 21.3. The molecule has 2 aromatic rings. The van der Waals surface area contributed by atoms with Gasteiger partial charge in [0, 0.05) is 23.5 Å². The average molecular weight is 389 g/mol. The van der Waals surface area contributed by atoms with E-state index in [0.717, 1.165) is 16.5 Å². The summed E-state index contributed by atoms with van der Waals surface area (Å²) in [5, 5.41) is 6.06. The van der Waals surface area contributed by atoms with E-state index >= 15 is 0 Å². The predicted molar refractivity (Wildman–Crippen MR) is 105 cm³/mol. The van der Waals surface area contributed by atoms with Gasteiger partial charge < -0.3 is 25.1 Å². The van der Waals surface area contributed by atoms with Crippen molar-refractivity contribution in [1.29, 1.82) is 0 Å². The fourth-order valence-electron chi connectivity index (χ4n) is 2.70. The summed E-state index contributed by atoms with van der Waals surface area (Å²) in [6, 6.07) is 5.90. The van der Waals surface area contributed by atoms with Gasteiger partial charge in [-0.25, -0.2) is 9.59 Å². The minimum atomic E-state index is -0.889. The van der Waals surface area contributed by atoms with E-state index in [4.69, 9.17) is 9.47 Å². The van der Waals surface area contributed by atoms with Crippen LogP contribution < -0.4 is 10.6 Å². The third-order valence-electron chi connectivity index (χ3n) is 4.03. The lowest BCUT2D eigenvalue weighted by atomic mass is 10.0. The van der Waals surface area contributed by atoms with Crippen molar-refractivity contribution < 1.29 is 23.9 Å². The molecular formula is C20H27N3O5. The number of hydrogen-bond donors (Lipinski definition) is 3. The average Bonchev–Trinajstić information content (AvgIpc) is 3.01. The largest absolute Gasteiger partial charge is 0.467 e. The van der Waals surface area contributed by atoms with E-state index in [0.29, 0.717) is 0 Å². The van der Waals surface area contributed by atoms with Crippen molar-refractivity contribution in [3.63, 3.8) is 0 Å². The molecule has 0 radical (unpaired) electrons. The summed E-state index contributed by atoms with van der Waals surface area (Å²) in [4.78, 5) is 39.6. The number of carbonyl (C=O) groups is 3. The van der Waals surface area contributed by atoms with E-state index in [9.17, 15) is 14.4 Å². The van der Waals surface area contributed by atoms with Crippen molar-refractivity contribution in [3.8, 4) is 0 Å². The van der Waals surface area contributed by atoms with Crippen LogP contribution >= 0.6 is 0 Å². The Morgan fingerprint density at radius 3 is 2.46 bits per heavy atom. The normalized spacial score (nSPS) is 13.5. The minimum absolute atomic E-state index is 0.252. The van der Waals surface area contributed by atoms with E-state index in [-0.39, 0.29) is 6.42 Å². The summed E-state index contributed by atoms with van der Waals surface area (Å²) >= 11 is 0. The first-order valence-corrected chi connectivity index (χ1v) is 9.03. The van der Waals surface area contributed by atoms with Crippen molar-refractivity contribution >= 4 is 28.9 Å². The molecule has 8 heteroatoms. The van der Waals surface area contributed by atoms with Gasteiger partial charge in [-0.15, -0.1) is 0 Å². The van der Waals surface area contributed by atoms with Crippen LogP contribution in [0.15, 0.2) is 30.5 Å². The summed E-state index contributed by atoms with van der Waals surface area (Å²) in [7, 11) is 1.26. The predicted octanol–water partition coefficient (Wildman–Crippen LogP) is 2.28. The maximum absolute atomic E-state index is 12.5. The highest BCUT2D eigenvalue weighted by Gasteiger charge is 2.27. The number of benzene rings is 1. The smallest absolute Gasteiger partial charge is 0.408 e. The second kappa shape index (κ2) is 8.77. The lowest BCUT2D eigenvalue weighted by Crippen LogP contribution is -2.51. The first-order valence-electron chi connectivity index (χ1n) is 9.03. The Morgan fingerprint density at radius 1 is 1.14 bits per heavy atom. The summed E-state index contributed by atoms with van der Waals surface area (Å²) in [6.45, 7) is 6.70. The number of para-hydroxylation sites is 1. The van der Waals surface area contributed by atoms with E-state index in [2.05, 4.69) is 15.6 Å². The number of methoxy groups -OCH3 is 1. The van der Waals surface area contributed by atoms with Gasteiger partial charge >= 0.3 is 12.1 Å². The fourth-order valence-corrected chi connectivity index (χ4v) is 2.70. The molecule has 0 saturated heterocycles. The Labute approximate surface area is 164 Å². The third-order valence-corrected chi connectivity index (χ3v) is 4.03. The number of aromatic nitrogens is 1. The molecule has 0 saturated carbocycles. The second-order valence-corrected chi connectivity index (χ2v) is 7.52. The molecule has 8 nitrogen and oxygen atoms in total. The van der Waals surface area contributed by atoms with Crippen molar-refractivity contribution in [2.75, 3.05) is 7.11 Å². The maximum Gasteiger partial charge on any atom is 0.408 e. The molecule has 0 aliphatic heterocycles. The number of esters is 1. The van der Waals surface area contributed by atoms with E-state index in [1.165, 1.54) is 14.0 Å². The zero-order valence-electron chi connectivity index (χ0n) is 16.8. The van der Waals surface area contributed by atoms with Crippen molar-refractivity contribution in [2.45, 2.75) is 51.8 Å². The molecule has 1 aromatic heterocycles. The van der Waals surface area contributed by atoms with Gasteiger partial charge in [-0.1, -0.05) is 18.2 Å². The molecule has 28 heavy (non-hydrogen) atoms. The number of fused-ring (bicyclic) bond motifs is 1. The van der Waals surface area contributed by atoms with Gasteiger partial charge in [-0.3, -0.25) is 4.79 Å². The van der Waals surface area contributed by atoms with Gasteiger partial charge in [0.25, 0.3) is 0 Å². The number of nitrogens with one attached hydrogen (secondary N) is 3. The number of rotatable bonds is 6. The molecule has 2 atom stereocenters. The molecule has 3 N–H and O–H groups in total. The van der Waals surface area contributed by atoms with Crippen LogP contribution in [0.2, 0.25) is 0 Å². The molecule has 0 bridgehead atoms. The van der Waals surface area contributed by atoms with Crippen molar-refractivity contribution in [1.82, 2.24) is 15.6 Å². The molecule has 0 unspecified atom stereocenters. The molecule has 1 heterocycles. The Hall–Kier alpha value is -3.03. The number of H-pyrrole nitrogens is 1. The molecule has 2 amide bonds. The molecule has 0 fully saturated rings. The zero-order valence-corrected chi connectivity index (χ0v) is 16.8. The summed E-state index contributed by atoms with van der Waals surface area (Å²) in [6.07, 6.45) is 1.35. The Balaban J connectivity index is 2.06. The van der Waals surface area contributed by atoms with E-state index < -0.39 is 35.7 Å². The maximum atomic E-state index is 12.5. The van der Waals surface area contributed by atoms with Gasteiger partial charge in [0.15, 0.2) is 0 Å². The van der Waals surface area contributed by atoms with Crippen molar-refractivity contribution in [2.24, 2.45) is 0 Å². The number of amides is 2. The van der Waals surface area contributed by atoms with Crippen LogP contribution in [0.1, 0.15) is 33.3 Å². The lowest BCUT2D eigenvalue weighted by molar-refractivity contribution is -0.145. The van der Waals surface area contributed by atoms with Crippen molar-refractivity contribution in [3.05, 3.63) is 36.0 Å². The van der Waals surface area contributed by atoms with Gasteiger partial charge in [0.05, 0.1) is 7.11 Å². The molecule has 0 aliphatic rings. The highest BCUT2D eigenvalue weighted by Crippen LogP contribution is 2.19. The molecule has 0 aliphatic carbocycles. The van der Waals surface area contributed by atoms with E-state index in [1.54, 1.807) is 27.0 Å². The molecule has 152 valence electrons. The zero-order chi connectivity index (χ0) is 20.9. The SMILES string of the molecule is COC(=O)[C@H](Cc1c[nH]c2ccccc12)NC(=O)[C@H](C)NC(=O)OC(C)(C)C. The number of carbonyl (C=O) groups excluding carboxylic acids is 3. The van der Waals surface area contributed by atoms with Crippen LogP contribution in [0.25, 0.3) is 10.9 Å². The number of ether oxygens (including phenoxy) is 2. The lowest BCUT2D eigenvalue weighted by Gasteiger charge is -2.23. The quantitative estimate of drug-likeness (QED) is 0.657. The second-order valence-electron chi connectivity index (χ2n) is 7.52. The number of hydrogen-bond acceptors (Lipinski definition) is 5. The van der Waals surface area contributed by atoms with Crippen LogP contribution in [0.3, 0.4) is 0 Å². The van der Waals surface area contributed by atoms with Crippen LogP contribution in [-0.4, -0.2) is 47.7 Å². The Kier molecular flexibility index (Phi) is 6.66. The number of alkyl carbamates (subject to hydrolysis) is 1. The van der Waals surface area contributed by atoms with Gasteiger partial charge in [0.2, 0.25) is 5.91 Å². The molecule has 2 rings (SSSR count). The summed E-state index contributed by atoms with van der Waals surface area (Å²) in [5.41, 5.74) is 1.14. The van der Waals surface area contributed by atoms with Gasteiger partial charge in [-0.2, -0.15) is 0 Å². The van der Waals surface area contributed by atoms with Crippen LogP contribution in [0, 0.1) is 0 Å². The molecule has 0 spiro atoms. The van der Waals surface area contributed by atoms with Gasteiger partial charge in [0.1, 0.15) is 17.7 Å². The third kappa shape index (κ3) is 5.73. The summed E-state index contributed by atoms with van der Waals surface area (Å²) < 4.78 is 9.96. The monoisotopic (exact) mass is 389 g/mol. The minimum Gasteiger partial charge on any atom is -0.467 e. The Bertz CT molecular complexity index is 853. The van der Waals surface area contributed by atoms with Gasteiger partial charge in [-0.05, 0) is 39.3 Å². The highest BCUT2D eigenvalue weighted by molar-refractivity contribution is 5.90. The van der Waals surface area contributed by atoms with Crippen LogP contribution in [0.5, 0.6) is 0 Å². The fraction of sp³-hybridized carbons (Fsp3) is 0.450. The first-order chi connectivity index (χ1) is 13.1. The Morgan fingerprint density at radius 2 is 1.82 bits per heavy atom. The summed E-state index contributed by atoms with van der Waals surface area (Å²) in [5.74, 6) is -1.08. The molecular weight excluding hydrogens is 362 g/mol.